The van der Waals surface area contributed by atoms with Crippen molar-refractivity contribution in [3.8, 4) is 0 Å². The Morgan fingerprint density at radius 2 is 0.833 bits per heavy atom. The number of carbonyl (C=O) groups excluding carboxylic acids is 2. The number of fused-ring (bicyclic) bond motifs is 4. The minimum atomic E-state index is -0.564. The number of rotatable bonds is 3. The molecule has 0 fully saturated rings. The molecule has 0 saturated heterocycles. The van der Waals surface area contributed by atoms with E-state index in [9.17, 15) is 9.59 Å². The van der Waals surface area contributed by atoms with Crippen LogP contribution in [-0.2, 0) is 5.41 Å². The largest absolute Gasteiger partial charge is 0.310 e. The van der Waals surface area contributed by atoms with Crippen molar-refractivity contribution in [1.82, 2.24) is 0 Å². The van der Waals surface area contributed by atoms with Crippen molar-refractivity contribution in [2.45, 2.75) is 5.41 Å². The highest BCUT2D eigenvalue weighted by atomic mass is 16.1. The van der Waals surface area contributed by atoms with E-state index >= 15 is 0 Å². The van der Waals surface area contributed by atoms with Gasteiger partial charge in [0.15, 0.2) is 11.6 Å². The number of ketones is 2. The summed E-state index contributed by atoms with van der Waals surface area (Å²) in [6.45, 7) is 0. The molecule has 0 bridgehead atoms. The molecule has 0 saturated carbocycles. The van der Waals surface area contributed by atoms with Crippen molar-refractivity contribution < 1.29 is 9.59 Å². The van der Waals surface area contributed by atoms with Crippen molar-refractivity contribution >= 4 is 28.6 Å². The van der Waals surface area contributed by atoms with Gasteiger partial charge in [0.1, 0.15) is 0 Å². The first kappa shape index (κ1) is 24.3. The SMILES string of the molecule is O=C1c2ccccc2C(=O)c2cc(N3c4ccccc4C(c4ccccc4)(c4ccccc4)c4ccccc43)ccc21. The van der Waals surface area contributed by atoms with Crippen LogP contribution in [0.3, 0.4) is 0 Å². The Balaban J connectivity index is 1.41. The highest BCUT2D eigenvalue weighted by molar-refractivity contribution is 6.28. The lowest BCUT2D eigenvalue weighted by molar-refractivity contribution is 0.0979. The predicted octanol–water partition coefficient (Wildman–Crippen LogP) is 8.63. The third kappa shape index (κ3) is 3.28. The minimum absolute atomic E-state index is 0.113. The monoisotopic (exact) mass is 539 g/mol. The maximum absolute atomic E-state index is 13.7. The summed E-state index contributed by atoms with van der Waals surface area (Å²) < 4.78 is 0. The molecule has 0 aromatic heterocycles. The van der Waals surface area contributed by atoms with Crippen LogP contribution < -0.4 is 4.90 Å². The summed E-state index contributed by atoms with van der Waals surface area (Å²) in [5.74, 6) is -0.234. The standard InChI is InChI=1S/C39H25NO2/c41-37-29-17-7-8-18-30(29)38(42)32-25-28(23-24-31(32)37)40-35-21-11-9-19-33(35)39(26-13-3-1-4-14-26,27-15-5-2-6-16-27)34-20-10-12-22-36(34)40/h1-25H. The fraction of sp³-hybridized carbons (Fsp3) is 0.0256. The second-order valence-corrected chi connectivity index (χ2v) is 10.8. The Kier molecular flexibility index (Phi) is 5.35. The Morgan fingerprint density at radius 3 is 1.38 bits per heavy atom. The van der Waals surface area contributed by atoms with E-state index in [0.29, 0.717) is 22.3 Å². The van der Waals surface area contributed by atoms with Crippen LogP contribution >= 0.6 is 0 Å². The van der Waals surface area contributed by atoms with Gasteiger partial charge in [-0.1, -0.05) is 121 Å². The number of nitrogens with zero attached hydrogens (tertiary/aromatic N) is 1. The van der Waals surface area contributed by atoms with Crippen LogP contribution in [0.4, 0.5) is 17.1 Å². The summed E-state index contributed by atoms with van der Waals surface area (Å²) in [6, 6.07) is 51.1. The van der Waals surface area contributed by atoms with Crippen molar-refractivity contribution in [3.63, 3.8) is 0 Å². The first-order valence-electron chi connectivity index (χ1n) is 14.1. The second-order valence-electron chi connectivity index (χ2n) is 10.8. The van der Waals surface area contributed by atoms with Crippen molar-refractivity contribution in [3.05, 3.63) is 196 Å². The van der Waals surface area contributed by atoms with Crippen LogP contribution in [0.1, 0.15) is 54.1 Å². The molecule has 1 aliphatic carbocycles. The second kappa shape index (κ2) is 9.25. The third-order valence-electron chi connectivity index (χ3n) is 8.68. The molecule has 0 spiro atoms. The zero-order chi connectivity index (χ0) is 28.3. The molecule has 42 heavy (non-hydrogen) atoms. The van der Waals surface area contributed by atoms with Crippen molar-refractivity contribution in [2.24, 2.45) is 0 Å². The van der Waals surface area contributed by atoms with Crippen LogP contribution in [0.2, 0.25) is 0 Å². The minimum Gasteiger partial charge on any atom is -0.310 e. The smallest absolute Gasteiger partial charge is 0.194 e. The average Bonchev–Trinajstić information content (AvgIpc) is 3.06. The number of anilines is 3. The van der Waals surface area contributed by atoms with Gasteiger partial charge in [0, 0.05) is 27.9 Å². The van der Waals surface area contributed by atoms with Crippen LogP contribution in [0, 0.1) is 0 Å². The lowest BCUT2D eigenvalue weighted by Crippen LogP contribution is -2.37. The zero-order valence-corrected chi connectivity index (χ0v) is 22.7. The molecule has 2 aliphatic rings. The lowest BCUT2D eigenvalue weighted by Gasteiger charge is -2.46. The molecule has 1 aliphatic heterocycles. The summed E-state index contributed by atoms with van der Waals surface area (Å²) in [4.78, 5) is 29.3. The molecule has 0 unspecified atom stereocenters. The normalized spacial score (nSPS) is 14.4. The number of carbonyl (C=O) groups is 2. The topological polar surface area (TPSA) is 37.4 Å². The first-order chi connectivity index (χ1) is 20.7. The number of hydrogen-bond acceptors (Lipinski definition) is 3. The van der Waals surface area contributed by atoms with E-state index in [0.717, 1.165) is 28.2 Å². The lowest BCUT2D eigenvalue weighted by atomic mass is 9.62. The van der Waals surface area contributed by atoms with E-state index in [4.69, 9.17) is 0 Å². The summed E-state index contributed by atoms with van der Waals surface area (Å²) in [5.41, 5.74) is 8.78. The molecule has 3 nitrogen and oxygen atoms in total. The molecule has 198 valence electrons. The fourth-order valence-electron chi connectivity index (χ4n) is 6.92. The molecule has 0 amide bonds. The summed E-state index contributed by atoms with van der Waals surface area (Å²) in [7, 11) is 0. The van der Waals surface area contributed by atoms with Gasteiger partial charge in [-0.15, -0.1) is 0 Å². The predicted molar refractivity (Wildman–Crippen MR) is 166 cm³/mol. The molecule has 0 radical (unpaired) electrons. The molecule has 8 rings (SSSR count). The van der Waals surface area contributed by atoms with E-state index in [1.807, 2.05) is 24.3 Å². The van der Waals surface area contributed by atoms with Crippen LogP contribution in [0.5, 0.6) is 0 Å². The van der Waals surface area contributed by atoms with E-state index < -0.39 is 5.41 Å². The van der Waals surface area contributed by atoms with Crippen LogP contribution in [0.25, 0.3) is 0 Å². The number of benzene rings is 6. The Morgan fingerprint density at radius 1 is 0.405 bits per heavy atom. The van der Waals surface area contributed by atoms with Gasteiger partial charge in [-0.25, -0.2) is 0 Å². The Labute approximate surface area is 244 Å². The van der Waals surface area contributed by atoms with Gasteiger partial charge < -0.3 is 4.90 Å². The maximum Gasteiger partial charge on any atom is 0.194 e. The van der Waals surface area contributed by atoms with Gasteiger partial charge in [-0.2, -0.15) is 0 Å². The third-order valence-corrected chi connectivity index (χ3v) is 8.68. The summed E-state index contributed by atoms with van der Waals surface area (Å²) >= 11 is 0. The Hall–Kier alpha value is -5.54. The molecule has 3 heteroatoms. The fourth-order valence-corrected chi connectivity index (χ4v) is 6.92. The van der Waals surface area contributed by atoms with Gasteiger partial charge in [0.25, 0.3) is 0 Å². The highest BCUT2D eigenvalue weighted by Gasteiger charge is 2.46. The number of hydrogen-bond donors (Lipinski definition) is 0. The number of para-hydroxylation sites is 2. The quantitative estimate of drug-likeness (QED) is 0.226. The van der Waals surface area contributed by atoms with Gasteiger partial charge in [-0.3, -0.25) is 9.59 Å². The molecule has 0 atom stereocenters. The maximum atomic E-state index is 13.7. The van der Waals surface area contributed by atoms with Gasteiger partial charge in [0.2, 0.25) is 0 Å². The average molecular weight is 540 g/mol. The van der Waals surface area contributed by atoms with Crippen LogP contribution in [0.15, 0.2) is 152 Å². The van der Waals surface area contributed by atoms with E-state index in [-0.39, 0.29) is 11.6 Å². The molecule has 6 aromatic carbocycles. The van der Waals surface area contributed by atoms with Gasteiger partial charge >= 0.3 is 0 Å². The zero-order valence-electron chi connectivity index (χ0n) is 22.7. The van der Waals surface area contributed by atoms with E-state index in [1.165, 1.54) is 11.1 Å². The Bertz CT molecular complexity index is 1940. The van der Waals surface area contributed by atoms with Gasteiger partial charge in [-0.05, 0) is 52.6 Å². The first-order valence-corrected chi connectivity index (χ1v) is 14.1. The summed E-state index contributed by atoms with van der Waals surface area (Å²) in [6.07, 6.45) is 0. The molecule has 6 aromatic rings. The summed E-state index contributed by atoms with van der Waals surface area (Å²) in [5, 5.41) is 0. The van der Waals surface area contributed by atoms with E-state index in [2.05, 4.69) is 114 Å². The molecular weight excluding hydrogens is 514 g/mol. The highest BCUT2D eigenvalue weighted by Crippen LogP contribution is 2.57. The molecule has 1 heterocycles. The van der Waals surface area contributed by atoms with Crippen molar-refractivity contribution in [2.75, 3.05) is 4.90 Å². The van der Waals surface area contributed by atoms with E-state index in [1.54, 1.807) is 18.2 Å². The molecular formula is C39H25NO2. The molecule has 0 N–H and O–H groups in total. The van der Waals surface area contributed by atoms with Crippen molar-refractivity contribution in [1.29, 1.82) is 0 Å². The van der Waals surface area contributed by atoms with Gasteiger partial charge in [0.05, 0.1) is 16.8 Å². The van der Waals surface area contributed by atoms with Crippen LogP contribution in [-0.4, -0.2) is 11.6 Å².